The molecule has 2 amide bonds. The van der Waals surface area contributed by atoms with E-state index in [1.807, 2.05) is 0 Å². The Labute approximate surface area is 247 Å². The van der Waals surface area contributed by atoms with Crippen molar-refractivity contribution in [1.29, 1.82) is 0 Å². The van der Waals surface area contributed by atoms with Crippen molar-refractivity contribution in [3.05, 3.63) is 20.1 Å². The molecule has 40 heavy (non-hydrogen) atoms. The molecule has 6 N–H and O–H groups in total. The molecule has 218 valence electrons. The molecule has 0 aromatic carbocycles. The third kappa shape index (κ3) is 7.71. The van der Waals surface area contributed by atoms with E-state index in [2.05, 4.69) is 52.5 Å². The number of esters is 2. The molecule has 2 aromatic rings. The van der Waals surface area contributed by atoms with Gasteiger partial charge in [0.25, 0.3) is 0 Å². The van der Waals surface area contributed by atoms with Crippen LogP contribution in [0.1, 0.15) is 62.3 Å². The number of hydrogen-bond acceptors (Lipinski definition) is 12. The van der Waals surface area contributed by atoms with E-state index >= 15 is 0 Å². The lowest BCUT2D eigenvalue weighted by atomic mass is 10.0. The fourth-order valence-electron chi connectivity index (χ4n) is 3.15. The average molecular weight is 690 g/mol. The minimum atomic E-state index is -0.991. The molecular weight excluding hydrogens is 660 g/mol. The van der Waals surface area contributed by atoms with Gasteiger partial charge in [-0.1, -0.05) is 0 Å². The van der Waals surface area contributed by atoms with Crippen molar-refractivity contribution in [2.24, 2.45) is 0 Å². The van der Waals surface area contributed by atoms with Crippen LogP contribution in [0.5, 0.6) is 0 Å². The summed E-state index contributed by atoms with van der Waals surface area (Å²) in [5.74, 6) is -2.41. The molecule has 0 atom stereocenters. The van der Waals surface area contributed by atoms with Crippen molar-refractivity contribution < 1.29 is 38.1 Å². The number of amides is 2. The standard InChI is InChI=1S/C24H30Br2N6O8/c1-23(2,3)39-21(35)31-13-9(19(33)37-7)15(29-17(27)11(13)25)16-10(20(34)38-8)14(12(26)18(28)30-16)32-22(36)40-24(4,5)6/h1-8H3,(H3,27,29,31,35)(H3,28,30,32,36). The highest BCUT2D eigenvalue weighted by Gasteiger charge is 2.33. The van der Waals surface area contributed by atoms with Crippen LogP contribution in [-0.4, -0.2) is 59.5 Å². The van der Waals surface area contributed by atoms with Crippen molar-refractivity contribution in [2.75, 3.05) is 36.3 Å². The molecule has 2 heterocycles. The highest BCUT2D eigenvalue weighted by atomic mass is 79.9. The van der Waals surface area contributed by atoms with Gasteiger partial charge in [-0.25, -0.2) is 29.1 Å². The van der Waals surface area contributed by atoms with E-state index in [0.29, 0.717) is 0 Å². The summed E-state index contributed by atoms with van der Waals surface area (Å²) in [7, 11) is 2.18. The molecule has 14 nitrogen and oxygen atoms in total. The number of anilines is 4. The fourth-order valence-corrected chi connectivity index (χ4v) is 3.93. The summed E-state index contributed by atoms with van der Waals surface area (Å²) >= 11 is 6.44. The second-order valence-electron chi connectivity index (χ2n) is 10.1. The van der Waals surface area contributed by atoms with E-state index in [4.69, 9.17) is 30.4 Å². The maximum absolute atomic E-state index is 13.1. The van der Waals surface area contributed by atoms with Crippen LogP contribution in [0.3, 0.4) is 0 Å². The monoisotopic (exact) mass is 688 g/mol. The zero-order valence-electron chi connectivity index (χ0n) is 23.1. The van der Waals surface area contributed by atoms with E-state index in [0.717, 1.165) is 14.2 Å². The number of halogens is 2. The number of ether oxygens (including phenoxy) is 4. The molecule has 0 saturated heterocycles. The Balaban J connectivity index is 2.98. The topological polar surface area (TPSA) is 207 Å². The second-order valence-corrected chi connectivity index (χ2v) is 11.6. The Morgan fingerprint density at radius 3 is 1.23 bits per heavy atom. The molecular formula is C24H30Br2N6O8. The van der Waals surface area contributed by atoms with Crippen LogP contribution in [0.15, 0.2) is 8.95 Å². The largest absolute Gasteiger partial charge is 0.465 e. The van der Waals surface area contributed by atoms with E-state index in [9.17, 15) is 19.2 Å². The summed E-state index contributed by atoms with van der Waals surface area (Å²) in [4.78, 5) is 60.0. The van der Waals surface area contributed by atoms with Crippen LogP contribution in [0.4, 0.5) is 32.6 Å². The minimum Gasteiger partial charge on any atom is -0.465 e. The van der Waals surface area contributed by atoms with Crippen molar-refractivity contribution in [3.8, 4) is 11.4 Å². The molecule has 0 fully saturated rings. The number of nitrogens with zero attached hydrogens (tertiary/aromatic N) is 2. The van der Waals surface area contributed by atoms with Crippen molar-refractivity contribution >= 4 is 79.0 Å². The maximum Gasteiger partial charge on any atom is 0.412 e. The van der Waals surface area contributed by atoms with Crippen molar-refractivity contribution in [1.82, 2.24) is 9.97 Å². The number of nitrogens with one attached hydrogen (secondary N) is 2. The quantitative estimate of drug-likeness (QED) is 0.239. The Morgan fingerprint density at radius 2 is 0.975 bits per heavy atom. The van der Waals surface area contributed by atoms with Gasteiger partial charge < -0.3 is 30.4 Å². The smallest absolute Gasteiger partial charge is 0.412 e. The Bertz CT molecular complexity index is 1270. The number of nitrogens with two attached hydrogens (primary N) is 2. The zero-order chi connectivity index (χ0) is 30.7. The molecule has 0 aliphatic carbocycles. The molecule has 2 rings (SSSR count). The molecule has 0 aliphatic heterocycles. The summed E-state index contributed by atoms with van der Waals surface area (Å²) in [6, 6.07) is 0. The summed E-state index contributed by atoms with van der Waals surface area (Å²) < 4.78 is 20.5. The van der Waals surface area contributed by atoms with Crippen LogP contribution in [0.2, 0.25) is 0 Å². The number of pyridine rings is 2. The molecule has 0 unspecified atom stereocenters. The highest BCUT2D eigenvalue weighted by Crippen LogP contribution is 2.42. The van der Waals surface area contributed by atoms with Crippen molar-refractivity contribution in [2.45, 2.75) is 52.7 Å². The number of nitrogen functional groups attached to an aromatic ring is 2. The third-order valence-electron chi connectivity index (χ3n) is 4.58. The number of carbonyl (C=O) groups is 4. The summed E-state index contributed by atoms with van der Waals surface area (Å²) in [5, 5.41) is 4.92. The van der Waals surface area contributed by atoms with Gasteiger partial charge in [0, 0.05) is 0 Å². The molecule has 0 saturated carbocycles. The first-order chi connectivity index (χ1) is 18.3. The van der Waals surface area contributed by atoms with Crippen molar-refractivity contribution in [3.63, 3.8) is 0 Å². The van der Waals surface area contributed by atoms with E-state index in [1.165, 1.54) is 0 Å². The number of rotatable bonds is 5. The third-order valence-corrected chi connectivity index (χ3v) is 6.19. The summed E-state index contributed by atoms with van der Waals surface area (Å²) in [6.07, 6.45) is -1.86. The lowest BCUT2D eigenvalue weighted by molar-refractivity contribution is 0.0586. The SMILES string of the molecule is COC(=O)c1c(-c2nc(N)c(Br)c(NC(=O)OC(C)(C)C)c2C(=O)OC)nc(N)c(Br)c1NC(=O)OC(C)(C)C. The lowest BCUT2D eigenvalue weighted by Crippen LogP contribution is -2.29. The Kier molecular flexibility index (Phi) is 9.96. The van der Waals surface area contributed by atoms with Gasteiger partial charge >= 0.3 is 24.1 Å². The van der Waals surface area contributed by atoms with E-state index in [1.54, 1.807) is 41.5 Å². The van der Waals surface area contributed by atoms with Crippen LogP contribution >= 0.6 is 31.9 Å². The average Bonchev–Trinajstić information content (AvgIpc) is 2.81. The van der Waals surface area contributed by atoms with Gasteiger partial charge in [-0.15, -0.1) is 0 Å². The number of carbonyl (C=O) groups excluding carboxylic acids is 4. The van der Waals surface area contributed by atoms with Gasteiger partial charge in [0.1, 0.15) is 45.4 Å². The van der Waals surface area contributed by atoms with E-state index in [-0.39, 0.29) is 54.5 Å². The maximum atomic E-state index is 13.1. The molecule has 2 aromatic heterocycles. The minimum absolute atomic E-state index is 0.0133. The number of hydrogen-bond donors (Lipinski definition) is 4. The van der Waals surface area contributed by atoms with Gasteiger partial charge in [0.2, 0.25) is 0 Å². The van der Waals surface area contributed by atoms with Crippen LogP contribution in [0, 0.1) is 0 Å². The van der Waals surface area contributed by atoms with Gasteiger partial charge in [-0.2, -0.15) is 0 Å². The summed E-state index contributed by atoms with van der Waals surface area (Å²) in [6.45, 7) is 9.87. The highest BCUT2D eigenvalue weighted by molar-refractivity contribution is 9.11. The van der Waals surface area contributed by atoms with Gasteiger partial charge in [0.15, 0.2) is 0 Å². The predicted octanol–water partition coefficient (Wildman–Crippen LogP) is 5.10. The fraction of sp³-hybridized carbons (Fsp3) is 0.417. The number of aromatic nitrogens is 2. The first-order valence-corrected chi connectivity index (χ1v) is 13.0. The molecule has 0 bridgehead atoms. The summed E-state index contributed by atoms with van der Waals surface area (Å²) in [5.41, 5.74) is 8.69. The second kappa shape index (κ2) is 12.2. The lowest BCUT2D eigenvalue weighted by Gasteiger charge is -2.23. The molecule has 0 radical (unpaired) electrons. The molecule has 16 heteroatoms. The Morgan fingerprint density at radius 1 is 0.675 bits per heavy atom. The molecule has 0 aliphatic rings. The van der Waals surface area contributed by atoms with Gasteiger partial charge in [-0.05, 0) is 73.4 Å². The van der Waals surface area contributed by atoms with Crippen LogP contribution < -0.4 is 22.1 Å². The predicted molar refractivity (Wildman–Crippen MR) is 154 cm³/mol. The van der Waals surface area contributed by atoms with Gasteiger partial charge in [0.05, 0.1) is 34.5 Å². The Hall–Kier alpha value is -3.66. The normalized spacial score (nSPS) is 11.3. The van der Waals surface area contributed by atoms with Crippen LogP contribution in [-0.2, 0) is 18.9 Å². The van der Waals surface area contributed by atoms with E-state index < -0.39 is 35.3 Å². The first kappa shape index (κ1) is 32.6. The van der Waals surface area contributed by atoms with Gasteiger partial charge in [-0.3, -0.25) is 10.6 Å². The van der Waals surface area contributed by atoms with Crippen LogP contribution in [0.25, 0.3) is 11.4 Å². The molecule has 0 spiro atoms. The number of methoxy groups -OCH3 is 2. The zero-order valence-corrected chi connectivity index (χ0v) is 26.2. The first-order valence-electron chi connectivity index (χ1n) is 11.5.